The van der Waals surface area contributed by atoms with Crippen molar-refractivity contribution in [1.29, 1.82) is 0 Å². The average molecular weight is 260 g/mol. The number of nitrogens with two attached hydrogens (primary N) is 1. The molecule has 0 saturated carbocycles. The fraction of sp³-hybridized carbons (Fsp3) is 0.250. The Bertz CT molecular complexity index is 650. The highest BCUT2D eigenvalue weighted by atomic mass is 16.5. The molecule has 19 heavy (non-hydrogen) atoms. The summed E-state index contributed by atoms with van der Waals surface area (Å²) in [6, 6.07) is 3.58. The van der Waals surface area contributed by atoms with Crippen molar-refractivity contribution in [2.75, 3.05) is 12.4 Å². The molecule has 2 heterocycles. The predicted molar refractivity (Wildman–Crippen MR) is 66.5 cm³/mol. The topological polar surface area (TPSA) is 103 Å². The minimum atomic E-state index is -0.0629. The summed E-state index contributed by atoms with van der Waals surface area (Å²) in [5.74, 6) is 1.31. The number of hydrogen-bond donors (Lipinski definition) is 2. The zero-order valence-corrected chi connectivity index (χ0v) is 10.3. The molecule has 0 aliphatic carbocycles. The highest BCUT2D eigenvalue weighted by molar-refractivity contribution is 6.03. The van der Waals surface area contributed by atoms with Gasteiger partial charge < -0.3 is 20.3 Å². The van der Waals surface area contributed by atoms with Crippen molar-refractivity contribution in [1.82, 2.24) is 10.1 Å². The van der Waals surface area contributed by atoms with Crippen LogP contribution in [-0.4, -0.2) is 23.2 Å². The van der Waals surface area contributed by atoms with Crippen molar-refractivity contribution in [3.8, 4) is 17.1 Å². The number of carbonyl (C=O) groups is 1. The molecular weight excluding hydrogens is 248 g/mol. The molecular formula is C12H12N4O3. The fourth-order valence-electron chi connectivity index (χ4n) is 2.06. The van der Waals surface area contributed by atoms with Crippen molar-refractivity contribution in [3.05, 3.63) is 23.6 Å². The van der Waals surface area contributed by atoms with Gasteiger partial charge >= 0.3 is 0 Å². The smallest absolute Gasteiger partial charge is 0.240 e. The van der Waals surface area contributed by atoms with Crippen LogP contribution in [0.2, 0.25) is 0 Å². The van der Waals surface area contributed by atoms with Crippen LogP contribution in [0.1, 0.15) is 11.5 Å². The molecule has 1 aliphatic rings. The highest BCUT2D eigenvalue weighted by Gasteiger charge is 2.24. The molecule has 3 N–H and O–H groups in total. The van der Waals surface area contributed by atoms with E-state index in [0.717, 1.165) is 5.56 Å². The maximum Gasteiger partial charge on any atom is 0.240 e. The average Bonchev–Trinajstić information content (AvgIpc) is 3.02. The van der Waals surface area contributed by atoms with Crippen LogP contribution < -0.4 is 15.8 Å². The quantitative estimate of drug-likeness (QED) is 0.841. The minimum Gasteiger partial charge on any atom is -0.497 e. The van der Waals surface area contributed by atoms with Crippen LogP contribution in [-0.2, 0) is 17.8 Å². The third kappa shape index (κ3) is 1.93. The van der Waals surface area contributed by atoms with Crippen LogP contribution >= 0.6 is 0 Å². The van der Waals surface area contributed by atoms with Gasteiger partial charge in [0.25, 0.3) is 0 Å². The molecule has 0 atom stereocenters. The van der Waals surface area contributed by atoms with Gasteiger partial charge in [-0.3, -0.25) is 4.79 Å². The number of nitrogens with zero attached hydrogens (tertiary/aromatic N) is 2. The van der Waals surface area contributed by atoms with E-state index in [1.165, 1.54) is 0 Å². The number of nitrogens with one attached hydrogen (secondary N) is 1. The largest absolute Gasteiger partial charge is 0.497 e. The highest BCUT2D eigenvalue weighted by Crippen LogP contribution is 2.37. The van der Waals surface area contributed by atoms with Crippen LogP contribution in [0.4, 0.5) is 5.69 Å². The lowest BCUT2D eigenvalue weighted by Gasteiger charge is -2.07. The number of hydrogen-bond acceptors (Lipinski definition) is 6. The number of carbonyl (C=O) groups excluding carboxylic acids is 1. The van der Waals surface area contributed by atoms with E-state index in [0.29, 0.717) is 35.1 Å². The zero-order valence-electron chi connectivity index (χ0n) is 10.3. The minimum absolute atomic E-state index is 0.0629. The maximum absolute atomic E-state index is 11.5. The first-order valence-electron chi connectivity index (χ1n) is 5.75. The molecule has 3 rings (SSSR count). The number of rotatable bonds is 3. The van der Waals surface area contributed by atoms with Crippen molar-refractivity contribution in [2.45, 2.75) is 13.0 Å². The van der Waals surface area contributed by atoms with E-state index in [2.05, 4.69) is 15.5 Å². The second-order valence-electron chi connectivity index (χ2n) is 4.15. The van der Waals surface area contributed by atoms with Crippen molar-refractivity contribution >= 4 is 11.6 Å². The van der Waals surface area contributed by atoms with Crippen LogP contribution in [0.3, 0.4) is 0 Å². The second kappa shape index (κ2) is 4.36. The summed E-state index contributed by atoms with van der Waals surface area (Å²) in [5, 5.41) is 6.66. The summed E-state index contributed by atoms with van der Waals surface area (Å²) >= 11 is 0. The molecule has 2 aromatic rings. The number of benzene rings is 1. The van der Waals surface area contributed by atoms with Crippen LogP contribution in [0.15, 0.2) is 16.7 Å². The Morgan fingerprint density at radius 1 is 1.53 bits per heavy atom. The summed E-state index contributed by atoms with van der Waals surface area (Å²) in [4.78, 5) is 15.7. The molecule has 0 bridgehead atoms. The summed E-state index contributed by atoms with van der Waals surface area (Å²) in [6.45, 7) is 0.172. The van der Waals surface area contributed by atoms with Gasteiger partial charge in [-0.05, 0) is 17.7 Å². The third-order valence-corrected chi connectivity index (χ3v) is 2.93. The Kier molecular flexibility index (Phi) is 2.68. The molecule has 0 fully saturated rings. The number of aromatic nitrogens is 2. The van der Waals surface area contributed by atoms with E-state index in [1.807, 2.05) is 6.07 Å². The van der Waals surface area contributed by atoms with Gasteiger partial charge in [0, 0.05) is 0 Å². The van der Waals surface area contributed by atoms with Crippen LogP contribution in [0, 0.1) is 0 Å². The van der Waals surface area contributed by atoms with Gasteiger partial charge in [-0.15, -0.1) is 0 Å². The molecule has 0 saturated heterocycles. The van der Waals surface area contributed by atoms with E-state index in [1.54, 1.807) is 13.2 Å². The van der Waals surface area contributed by atoms with Crippen molar-refractivity contribution in [3.63, 3.8) is 0 Å². The van der Waals surface area contributed by atoms with E-state index in [9.17, 15) is 4.79 Å². The summed E-state index contributed by atoms with van der Waals surface area (Å²) in [6.07, 6.45) is 0.321. The zero-order chi connectivity index (χ0) is 13.4. The lowest BCUT2D eigenvalue weighted by atomic mass is 10.1. The normalized spacial score (nSPS) is 13.3. The van der Waals surface area contributed by atoms with E-state index < -0.39 is 0 Å². The monoisotopic (exact) mass is 260 g/mol. The number of amides is 1. The van der Waals surface area contributed by atoms with Gasteiger partial charge in [-0.25, -0.2) is 0 Å². The first-order valence-corrected chi connectivity index (χ1v) is 5.75. The standard InChI is InChI=1S/C12H12N4O3/c1-18-7-2-6-3-9(17)14-11(6)8(4-7)12-15-10(5-13)19-16-12/h2,4H,3,5,13H2,1H3,(H,14,17). The Hall–Kier alpha value is -2.41. The number of methoxy groups -OCH3 is 1. The molecule has 1 amide bonds. The van der Waals surface area contributed by atoms with Gasteiger partial charge in [-0.2, -0.15) is 4.98 Å². The van der Waals surface area contributed by atoms with Crippen molar-refractivity contribution in [2.24, 2.45) is 5.73 Å². The Labute approximate surface area is 108 Å². The van der Waals surface area contributed by atoms with E-state index in [-0.39, 0.29) is 12.5 Å². The second-order valence-corrected chi connectivity index (χ2v) is 4.15. The lowest BCUT2D eigenvalue weighted by molar-refractivity contribution is -0.115. The predicted octanol–water partition coefficient (Wildman–Crippen LogP) is 0.698. The van der Waals surface area contributed by atoms with Gasteiger partial charge in [0.1, 0.15) is 5.75 Å². The Morgan fingerprint density at radius 2 is 2.37 bits per heavy atom. The molecule has 1 aliphatic heterocycles. The van der Waals surface area contributed by atoms with E-state index in [4.69, 9.17) is 15.0 Å². The van der Waals surface area contributed by atoms with Gasteiger partial charge in [-0.1, -0.05) is 5.16 Å². The van der Waals surface area contributed by atoms with Crippen LogP contribution in [0.5, 0.6) is 5.75 Å². The van der Waals surface area contributed by atoms with Crippen LogP contribution in [0.25, 0.3) is 11.4 Å². The molecule has 98 valence electrons. The number of anilines is 1. The SMILES string of the molecule is COc1cc2c(c(-c3noc(CN)n3)c1)NC(=O)C2. The maximum atomic E-state index is 11.5. The first kappa shape index (κ1) is 11.7. The molecule has 0 unspecified atom stereocenters. The Balaban J connectivity index is 2.14. The Morgan fingerprint density at radius 3 is 3.05 bits per heavy atom. The van der Waals surface area contributed by atoms with Gasteiger partial charge in [0.05, 0.1) is 31.3 Å². The number of ether oxygens (including phenoxy) is 1. The molecule has 7 heteroatoms. The first-order chi connectivity index (χ1) is 9.21. The molecule has 7 nitrogen and oxygen atoms in total. The summed E-state index contributed by atoms with van der Waals surface area (Å²) in [7, 11) is 1.57. The van der Waals surface area contributed by atoms with Crippen molar-refractivity contribution < 1.29 is 14.1 Å². The third-order valence-electron chi connectivity index (χ3n) is 2.93. The summed E-state index contributed by atoms with van der Waals surface area (Å²) < 4.78 is 10.2. The number of fused-ring (bicyclic) bond motifs is 1. The van der Waals surface area contributed by atoms with E-state index >= 15 is 0 Å². The van der Waals surface area contributed by atoms with Gasteiger partial charge in [0.15, 0.2) is 0 Å². The molecule has 1 aromatic carbocycles. The lowest BCUT2D eigenvalue weighted by Crippen LogP contribution is -2.04. The molecule has 0 spiro atoms. The molecule has 1 aromatic heterocycles. The summed E-state index contributed by atoms with van der Waals surface area (Å²) in [5.41, 5.74) is 7.68. The van der Waals surface area contributed by atoms with Gasteiger partial charge in [0.2, 0.25) is 17.6 Å². The fourth-order valence-corrected chi connectivity index (χ4v) is 2.06. The molecule has 0 radical (unpaired) electrons.